The summed E-state index contributed by atoms with van der Waals surface area (Å²) < 4.78 is 5.80. The fourth-order valence-corrected chi connectivity index (χ4v) is 4.21. The fraction of sp³-hybridized carbons (Fsp3) is 0.120. The van der Waals surface area contributed by atoms with Crippen LogP contribution < -0.4 is 5.56 Å². The molecular formula is C25H20N2O2S. The molecule has 0 aliphatic carbocycles. The average molecular weight is 413 g/mol. The highest BCUT2D eigenvalue weighted by Gasteiger charge is 2.18. The molecule has 0 unspecified atom stereocenters. The molecule has 0 saturated heterocycles. The maximum Gasteiger partial charge on any atom is 0.266 e. The Balaban J connectivity index is 1.81. The van der Waals surface area contributed by atoms with Gasteiger partial charge in [-0.3, -0.25) is 4.79 Å². The highest BCUT2D eigenvalue weighted by molar-refractivity contribution is 7.99. The van der Waals surface area contributed by atoms with Gasteiger partial charge in [-0.15, -0.1) is 0 Å². The van der Waals surface area contributed by atoms with Crippen LogP contribution in [0, 0.1) is 18.3 Å². The van der Waals surface area contributed by atoms with E-state index in [0.717, 1.165) is 38.9 Å². The summed E-state index contributed by atoms with van der Waals surface area (Å²) >= 11 is 1.56. The SMILES string of the molecule is CCSc1oc(C)cc1-c1cc(-c2ccc(-c3ccccc3)cc2)[nH]c(=O)c1C#N. The van der Waals surface area contributed by atoms with Gasteiger partial charge in [0.25, 0.3) is 5.56 Å². The molecule has 0 saturated carbocycles. The number of hydrogen-bond acceptors (Lipinski definition) is 4. The van der Waals surface area contributed by atoms with Crippen LogP contribution in [0.1, 0.15) is 18.2 Å². The Hall–Kier alpha value is -3.49. The van der Waals surface area contributed by atoms with Gasteiger partial charge in [0.1, 0.15) is 17.4 Å². The molecule has 4 rings (SSSR count). The van der Waals surface area contributed by atoms with Crippen molar-refractivity contribution in [2.24, 2.45) is 0 Å². The van der Waals surface area contributed by atoms with Gasteiger partial charge in [-0.05, 0) is 41.5 Å². The molecule has 2 heterocycles. The molecule has 148 valence electrons. The lowest BCUT2D eigenvalue weighted by molar-refractivity contribution is 0.450. The quantitative estimate of drug-likeness (QED) is 0.393. The van der Waals surface area contributed by atoms with Gasteiger partial charge in [-0.25, -0.2) is 0 Å². The number of aromatic amines is 1. The van der Waals surface area contributed by atoms with Crippen LogP contribution in [-0.4, -0.2) is 10.7 Å². The van der Waals surface area contributed by atoms with Crippen molar-refractivity contribution in [3.63, 3.8) is 0 Å². The molecule has 4 aromatic rings. The number of aromatic nitrogens is 1. The molecule has 0 radical (unpaired) electrons. The fourth-order valence-electron chi connectivity index (χ4n) is 3.43. The summed E-state index contributed by atoms with van der Waals surface area (Å²) in [5.74, 6) is 1.58. The van der Waals surface area contributed by atoms with E-state index >= 15 is 0 Å². The summed E-state index contributed by atoms with van der Waals surface area (Å²) in [6.07, 6.45) is 0. The number of pyridine rings is 1. The molecule has 0 atom stereocenters. The normalized spacial score (nSPS) is 10.7. The maximum absolute atomic E-state index is 12.7. The zero-order valence-electron chi connectivity index (χ0n) is 16.7. The number of furan rings is 1. The Morgan fingerprint density at radius 3 is 2.30 bits per heavy atom. The molecule has 0 spiro atoms. The zero-order valence-corrected chi connectivity index (χ0v) is 17.5. The number of hydrogen-bond donors (Lipinski definition) is 1. The second-order valence-electron chi connectivity index (χ2n) is 6.85. The van der Waals surface area contributed by atoms with E-state index in [0.29, 0.717) is 11.3 Å². The largest absolute Gasteiger partial charge is 0.455 e. The number of rotatable bonds is 5. The smallest absolute Gasteiger partial charge is 0.266 e. The van der Waals surface area contributed by atoms with E-state index in [1.165, 1.54) is 0 Å². The maximum atomic E-state index is 12.7. The minimum Gasteiger partial charge on any atom is -0.455 e. The standard InChI is InChI=1S/C25H20N2O2S/c1-3-30-25-21(13-16(2)29-25)20-14-23(27-24(28)22(20)15-26)19-11-9-18(10-12-19)17-7-5-4-6-8-17/h4-14H,3H2,1-2H3,(H,27,28). The van der Waals surface area contributed by atoms with Crippen LogP contribution in [0.5, 0.6) is 0 Å². The van der Waals surface area contributed by atoms with Crippen LogP contribution in [0.2, 0.25) is 0 Å². The molecule has 0 fully saturated rings. The van der Waals surface area contributed by atoms with Gasteiger partial charge in [0.15, 0.2) is 5.09 Å². The number of benzene rings is 2. The monoisotopic (exact) mass is 412 g/mol. The minimum absolute atomic E-state index is 0.0957. The van der Waals surface area contributed by atoms with E-state index in [1.54, 1.807) is 11.8 Å². The Labute approximate surface area is 179 Å². The summed E-state index contributed by atoms with van der Waals surface area (Å²) in [6.45, 7) is 3.90. The Bertz CT molecular complexity index is 1280. The number of nitrogens with one attached hydrogen (secondary N) is 1. The lowest BCUT2D eigenvalue weighted by atomic mass is 9.99. The first-order valence-electron chi connectivity index (χ1n) is 9.67. The van der Waals surface area contributed by atoms with Crippen LogP contribution in [0.15, 0.2) is 81.0 Å². The average Bonchev–Trinajstić information content (AvgIpc) is 3.14. The second-order valence-corrected chi connectivity index (χ2v) is 8.08. The third kappa shape index (κ3) is 3.83. The van der Waals surface area contributed by atoms with Crippen LogP contribution in [-0.2, 0) is 0 Å². The molecule has 4 nitrogen and oxygen atoms in total. The van der Waals surface area contributed by atoms with Crippen LogP contribution in [0.25, 0.3) is 33.5 Å². The number of H-pyrrole nitrogens is 1. The molecule has 0 bridgehead atoms. The highest BCUT2D eigenvalue weighted by Crippen LogP contribution is 2.36. The number of nitriles is 1. The summed E-state index contributed by atoms with van der Waals surface area (Å²) in [7, 11) is 0. The van der Waals surface area contributed by atoms with Gasteiger partial charge in [0, 0.05) is 16.8 Å². The predicted octanol–water partition coefficient (Wildman–Crippen LogP) is 6.26. The second kappa shape index (κ2) is 8.48. The van der Waals surface area contributed by atoms with E-state index in [-0.39, 0.29) is 5.56 Å². The van der Waals surface area contributed by atoms with Crippen molar-refractivity contribution in [2.45, 2.75) is 18.9 Å². The first kappa shape index (κ1) is 19.8. The molecule has 2 aromatic heterocycles. The van der Waals surface area contributed by atoms with Crippen molar-refractivity contribution in [1.29, 1.82) is 5.26 Å². The molecule has 5 heteroatoms. The molecule has 0 amide bonds. The minimum atomic E-state index is -0.400. The van der Waals surface area contributed by atoms with Crippen molar-refractivity contribution in [2.75, 3.05) is 5.75 Å². The van der Waals surface area contributed by atoms with E-state index in [1.807, 2.05) is 68.4 Å². The third-order valence-electron chi connectivity index (χ3n) is 4.83. The van der Waals surface area contributed by atoms with Crippen molar-refractivity contribution in [3.8, 4) is 39.6 Å². The van der Waals surface area contributed by atoms with E-state index in [2.05, 4.69) is 23.2 Å². The number of nitrogens with zero attached hydrogens (tertiary/aromatic N) is 1. The number of thioether (sulfide) groups is 1. The van der Waals surface area contributed by atoms with Crippen molar-refractivity contribution in [1.82, 2.24) is 4.98 Å². The first-order valence-corrected chi connectivity index (χ1v) is 10.7. The molecule has 0 aliphatic heterocycles. The van der Waals surface area contributed by atoms with Gasteiger partial charge in [0.2, 0.25) is 0 Å². The van der Waals surface area contributed by atoms with E-state index in [4.69, 9.17) is 4.42 Å². The first-order chi connectivity index (χ1) is 14.6. The lowest BCUT2D eigenvalue weighted by Gasteiger charge is -2.09. The summed E-state index contributed by atoms with van der Waals surface area (Å²) in [4.78, 5) is 15.5. The molecule has 2 aromatic carbocycles. The van der Waals surface area contributed by atoms with Crippen LogP contribution in [0.3, 0.4) is 0 Å². The molecule has 30 heavy (non-hydrogen) atoms. The van der Waals surface area contributed by atoms with Gasteiger partial charge in [0.05, 0.1) is 0 Å². The van der Waals surface area contributed by atoms with Gasteiger partial charge in [-0.2, -0.15) is 5.26 Å². The summed E-state index contributed by atoms with van der Waals surface area (Å²) in [5.41, 5.74) is 4.85. The van der Waals surface area contributed by atoms with Gasteiger partial charge in [-0.1, -0.05) is 73.3 Å². The van der Waals surface area contributed by atoms with Gasteiger partial charge < -0.3 is 9.40 Å². The Morgan fingerprint density at radius 1 is 0.967 bits per heavy atom. The predicted molar refractivity (Wildman–Crippen MR) is 121 cm³/mol. The van der Waals surface area contributed by atoms with Crippen LogP contribution in [0.4, 0.5) is 0 Å². The summed E-state index contributed by atoms with van der Waals surface area (Å²) in [5, 5.41) is 10.3. The van der Waals surface area contributed by atoms with Crippen LogP contribution >= 0.6 is 11.8 Å². The third-order valence-corrected chi connectivity index (χ3v) is 5.69. The van der Waals surface area contributed by atoms with Gasteiger partial charge >= 0.3 is 0 Å². The van der Waals surface area contributed by atoms with Crippen molar-refractivity contribution in [3.05, 3.63) is 88.4 Å². The molecule has 0 aliphatic rings. The van der Waals surface area contributed by atoms with E-state index in [9.17, 15) is 10.1 Å². The van der Waals surface area contributed by atoms with Crippen molar-refractivity contribution < 1.29 is 4.42 Å². The zero-order chi connectivity index (χ0) is 21.1. The lowest BCUT2D eigenvalue weighted by Crippen LogP contribution is -2.12. The Kier molecular flexibility index (Phi) is 5.60. The molecular weight excluding hydrogens is 392 g/mol. The number of aryl methyl sites for hydroxylation is 1. The van der Waals surface area contributed by atoms with E-state index < -0.39 is 5.56 Å². The van der Waals surface area contributed by atoms with Crippen molar-refractivity contribution >= 4 is 11.8 Å². The highest BCUT2D eigenvalue weighted by atomic mass is 32.2. The Morgan fingerprint density at radius 2 is 1.63 bits per heavy atom. The topological polar surface area (TPSA) is 69.8 Å². The summed E-state index contributed by atoms with van der Waals surface area (Å²) in [6, 6.07) is 23.9. The molecule has 1 N–H and O–H groups in total.